The van der Waals surface area contributed by atoms with Gasteiger partial charge in [0.25, 0.3) is 10.1 Å². The van der Waals surface area contributed by atoms with Gasteiger partial charge in [0, 0.05) is 12.8 Å². The molecule has 0 aliphatic carbocycles. The van der Waals surface area contributed by atoms with Gasteiger partial charge in [-0.05, 0) is 70.6 Å². The van der Waals surface area contributed by atoms with Crippen LogP contribution in [-0.2, 0) is 38.7 Å². The summed E-state index contributed by atoms with van der Waals surface area (Å²) in [6, 6.07) is 0. The maximum absolute atomic E-state index is 12.8. The Kier molecular flexibility index (Phi) is 30.4. The third-order valence-corrected chi connectivity index (χ3v) is 10.2. The topological polar surface area (TPSA) is 186 Å². The smallest absolute Gasteiger partial charge is 0.306 e. The molecule has 4 N–H and O–H groups in total. The summed E-state index contributed by atoms with van der Waals surface area (Å²) >= 11 is 0. The summed E-state index contributed by atoms with van der Waals surface area (Å²) in [5.41, 5.74) is 0. The first-order valence-electron chi connectivity index (χ1n) is 21.0. The molecule has 1 heterocycles. The molecule has 0 radical (unpaired) electrons. The van der Waals surface area contributed by atoms with Crippen LogP contribution in [-0.4, -0.2) is 96.0 Å². The molecule has 1 fully saturated rings. The highest BCUT2D eigenvalue weighted by molar-refractivity contribution is 7.85. The van der Waals surface area contributed by atoms with Gasteiger partial charge in [0.05, 0.1) is 6.61 Å². The highest BCUT2D eigenvalue weighted by Crippen LogP contribution is 2.24. The van der Waals surface area contributed by atoms with Crippen molar-refractivity contribution >= 4 is 22.1 Å². The van der Waals surface area contributed by atoms with Crippen molar-refractivity contribution in [3.63, 3.8) is 0 Å². The van der Waals surface area contributed by atoms with Crippen LogP contribution in [0.15, 0.2) is 36.5 Å². The van der Waals surface area contributed by atoms with Crippen LogP contribution >= 0.6 is 0 Å². The van der Waals surface area contributed by atoms with Gasteiger partial charge < -0.3 is 34.3 Å². The maximum atomic E-state index is 12.8. The molecule has 13 heteroatoms. The average Bonchev–Trinajstić information content (AvgIpc) is 3.14. The average molecular weight is 803 g/mol. The van der Waals surface area contributed by atoms with Gasteiger partial charge in [-0.25, -0.2) is 0 Å². The number of esters is 2. The van der Waals surface area contributed by atoms with E-state index in [9.17, 15) is 37.9 Å². The Morgan fingerprint density at radius 1 is 0.618 bits per heavy atom. The van der Waals surface area contributed by atoms with Crippen molar-refractivity contribution in [1.29, 1.82) is 0 Å². The maximum Gasteiger partial charge on any atom is 0.306 e. The van der Waals surface area contributed by atoms with Gasteiger partial charge in [0.1, 0.15) is 36.8 Å². The third kappa shape index (κ3) is 28.0. The first-order chi connectivity index (χ1) is 26.5. The molecule has 1 aliphatic rings. The van der Waals surface area contributed by atoms with Gasteiger partial charge in [-0.2, -0.15) is 8.42 Å². The summed E-state index contributed by atoms with van der Waals surface area (Å²) in [6.07, 6.45) is 26.2. The van der Waals surface area contributed by atoms with Crippen molar-refractivity contribution in [3.05, 3.63) is 36.5 Å². The number of aliphatic hydroxyl groups excluding tert-OH is 3. The summed E-state index contributed by atoms with van der Waals surface area (Å²) in [5.74, 6) is -2.01. The van der Waals surface area contributed by atoms with Crippen LogP contribution < -0.4 is 0 Å². The third-order valence-electron chi connectivity index (χ3n) is 9.44. The second kappa shape index (κ2) is 32.9. The van der Waals surface area contributed by atoms with E-state index in [1.807, 2.05) is 0 Å². The fraction of sp³-hybridized carbons (Fsp3) is 0.810. The zero-order valence-corrected chi connectivity index (χ0v) is 34.6. The Bertz CT molecular complexity index is 1170. The summed E-state index contributed by atoms with van der Waals surface area (Å²) in [4.78, 5) is 25.3. The molecule has 55 heavy (non-hydrogen) atoms. The van der Waals surface area contributed by atoms with Crippen LogP contribution in [0.25, 0.3) is 0 Å². The SMILES string of the molecule is CCCCC/C=C\C/C=C\CCCCCCCC(=O)OC(COC(=O)CCCCCCC/C=C\CCCCC)COC1OC(CS(=O)(=O)O)C(O)C(O)C1O. The molecule has 0 saturated carbocycles. The Hall–Kier alpha value is -2.13. The Labute approximate surface area is 331 Å². The van der Waals surface area contributed by atoms with Gasteiger partial charge in [-0.1, -0.05) is 115 Å². The van der Waals surface area contributed by atoms with Gasteiger partial charge in [0.15, 0.2) is 12.4 Å². The molecule has 0 spiro atoms. The molecule has 6 atom stereocenters. The number of carbonyl (C=O) groups excluding carboxylic acids is 2. The largest absolute Gasteiger partial charge is 0.462 e. The number of allylic oxidation sites excluding steroid dienone is 6. The van der Waals surface area contributed by atoms with E-state index in [2.05, 4.69) is 50.3 Å². The number of rotatable bonds is 34. The normalized spacial score (nSPS) is 21.2. The summed E-state index contributed by atoms with van der Waals surface area (Å²) in [6.45, 7) is 3.67. The fourth-order valence-electron chi connectivity index (χ4n) is 6.11. The van der Waals surface area contributed by atoms with Crippen LogP contribution in [0.5, 0.6) is 0 Å². The number of hydrogen-bond acceptors (Lipinski definition) is 11. The Morgan fingerprint density at radius 3 is 1.62 bits per heavy atom. The predicted octanol–water partition coefficient (Wildman–Crippen LogP) is 7.83. The van der Waals surface area contributed by atoms with Gasteiger partial charge >= 0.3 is 11.9 Å². The van der Waals surface area contributed by atoms with Crippen molar-refractivity contribution in [2.24, 2.45) is 0 Å². The lowest BCUT2D eigenvalue weighted by atomic mass is 10.00. The second-order valence-electron chi connectivity index (χ2n) is 14.6. The zero-order chi connectivity index (χ0) is 40.6. The van der Waals surface area contributed by atoms with E-state index in [0.29, 0.717) is 12.8 Å². The van der Waals surface area contributed by atoms with E-state index < -0.39 is 71.2 Å². The van der Waals surface area contributed by atoms with Gasteiger partial charge in [-0.3, -0.25) is 14.1 Å². The lowest BCUT2D eigenvalue weighted by Gasteiger charge is -2.40. The number of hydrogen-bond donors (Lipinski definition) is 4. The number of unbranched alkanes of at least 4 members (excludes halogenated alkanes) is 16. The first-order valence-corrected chi connectivity index (χ1v) is 22.7. The number of aliphatic hydroxyl groups is 3. The molecule has 1 saturated heterocycles. The van der Waals surface area contributed by atoms with Crippen LogP contribution in [0.2, 0.25) is 0 Å². The molecule has 0 aromatic rings. The van der Waals surface area contributed by atoms with E-state index >= 15 is 0 Å². The van der Waals surface area contributed by atoms with Crippen molar-refractivity contribution in [2.45, 2.75) is 198 Å². The quantitative estimate of drug-likeness (QED) is 0.0214. The highest BCUT2D eigenvalue weighted by Gasteiger charge is 2.46. The summed E-state index contributed by atoms with van der Waals surface area (Å²) in [5, 5.41) is 30.8. The predicted molar refractivity (Wildman–Crippen MR) is 215 cm³/mol. The number of ether oxygens (including phenoxy) is 4. The van der Waals surface area contributed by atoms with E-state index in [0.717, 1.165) is 83.5 Å². The van der Waals surface area contributed by atoms with E-state index in [1.165, 1.54) is 38.5 Å². The first kappa shape index (κ1) is 50.9. The molecule has 0 amide bonds. The summed E-state index contributed by atoms with van der Waals surface area (Å²) < 4.78 is 53.9. The summed E-state index contributed by atoms with van der Waals surface area (Å²) in [7, 11) is -4.60. The van der Waals surface area contributed by atoms with Crippen LogP contribution in [0, 0.1) is 0 Å². The molecule has 320 valence electrons. The number of carbonyl (C=O) groups is 2. The van der Waals surface area contributed by atoms with Gasteiger partial charge in [0.2, 0.25) is 0 Å². The van der Waals surface area contributed by atoms with Gasteiger partial charge in [-0.15, -0.1) is 0 Å². The molecule has 6 unspecified atom stereocenters. The second-order valence-corrected chi connectivity index (χ2v) is 16.1. The molecule has 12 nitrogen and oxygen atoms in total. The fourth-order valence-corrected chi connectivity index (χ4v) is 6.80. The molecule has 1 aliphatic heterocycles. The minimum absolute atomic E-state index is 0.146. The van der Waals surface area contributed by atoms with Crippen molar-refractivity contribution in [3.8, 4) is 0 Å². The molecule has 0 bridgehead atoms. The monoisotopic (exact) mass is 802 g/mol. The van der Waals surface area contributed by atoms with E-state index in [1.54, 1.807) is 0 Å². The Balaban J connectivity index is 2.51. The van der Waals surface area contributed by atoms with Crippen molar-refractivity contribution in [2.75, 3.05) is 19.0 Å². The molecule has 0 aromatic heterocycles. The zero-order valence-electron chi connectivity index (χ0n) is 33.8. The van der Waals surface area contributed by atoms with Crippen molar-refractivity contribution in [1.82, 2.24) is 0 Å². The van der Waals surface area contributed by atoms with E-state index in [4.69, 9.17) is 18.9 Å². The highest BCUT2D eigenvalue weighted by atomic mass is 32.2. The molecular formula is C42H74O12S. The van der Waals surface area contributed by atoms with Crippen molar-refractivity contribution < 1.29 is 56.8 Å². The van der Waals surface area contributed by atoms with Crippen LogP contribution in [0.1, 0.15) is 162 Å². The van der Waals surface area contributed by atoms with E-state index in [-0.39, 0.29) is 19.4 Å². The lowest BCUT2D eigenvalue weighted by molar-refractivity contribution is -0.297. The molecule has 0 aromatic carbocycles. The van der Waals surface area contributed by atoms with Crippen LogP contribution in [0.3, 0.4) is 0 Å². The lowest BCUT2D eigenvalue weighted by Crippen LogP contribution is -2.60. The van der Waals surface area contributed by atoms with Crippen LogP contribution in [0.4, 0.5) is 0 Å². The minimum Gasteiger partial charge on any atom is -0.462 e. The molecular weight excluding hydrogens is 729 g/mol. The minimum atomic E-state index is -4.60. The Morgan fingerprint density at radius 2 is 1.09 bits per heavy atom. The molecule has 1 rings (SSSR count). The standard InChI is InChI=1S/C42H74O12S/c1-3-5-7-9-11-13-15-17-18-19-21-23-25-27-29-31-38(44)53-35(33-52-42-41(47)40(46)39(45)36(54-42)34-55(48,49)50)32-51-37(43)30-28-26-24-22-20-16-14-12-10-8-6-4-2/h11-14,17-18,35-36,39-42,45-47H,3-10,15-16,19-34H2,1-2H3,(H,48,49,50)/b13-11-,14-12-,18-17-.